The van der Waals surface area contributed by atoms with Gasteiger partial charge < -0.3 is 10.8 Å². The molecule has 20 heavy (non-hydrogen) atoms. The molecule has 0 amide bonds. The zero-order valence-corrected chi connectivity index (χ0v) is 12.0. The molecule has 0 saturated carbocycles. The lowest BCUT2D eigenvalue weighted by molar-refractivity contribution is 0.253. The van der Waals surface area contributed by atoms with Crippen LogP contribution in [0.3, 0.4) is 0 Å². The maximum absolute atomic E-state index is 12.7. The number of sulfonamides is 1. The fourth-order valence-electron chi connectivity index (χ4n) is 2.08. The minimum absolute atomic E-state index is 0.0322. The van der Waals surface area contributed by atoms with E-state index in [4.69, 9.17) is 10.8 Å². The van der Waals surface area contributed by atoms with Crippen LogP contribution in [0.15, 0.2) is 29.4 Å². The van der Waals surface area contributed by atoms with Gasteiger partial charge in [-0.15, -0.1) is 0 Å². The van der Waals surface area contributed by atoms with Gasteiger partial charge in [-0.05, 0) is 18.6 Å². The van der Waals surface area contributed by atoms with Crippen molar-refractivity contribution in [3.63, 3.8) is 0 Å². The van der Waals surface area contributed by atoms with E-state index in [-0.39, 0.29) is 24.0 Å². The fraction of sp³-hybridized carbons (Fsp3) is 0.417. The summed E-state index contributed by atoms with van der Waals surface area (Å²) in [6.07, 6.45) is 2.25. The Kier molecular flexibility index (Phi) is 4.26. The molecule has 2 aromatic heterocycles. The molecule has 3 N–H and O–H groups in total. The van der Waals surface area contributed by atoms with E-state index < -0.39 is 10.0 Å². The number of rotatable bonds is 6. The van der Waals surface area contributed by atoms with E-state index >= 15 is 0 Å². The Balaban J connectivity index is 2.58. The predicted octanol–water partition coefficient (Wildman–Crippen LogP) is 0.309. The summed E-state index contributed by atoms with van der Waals surface area (Å²) < 4.78 is 28.0. The van der Waals surface area contributed by atoms with Crippen LogP contribution in [-0.2, 0) is 10.0 Å². The van der Waals surface area contributed by atoms with Crippen LogP contribution in [-0.4, -0.2) is 46.9 Å². The smallest absolute Gasteiger partial charge is 0.262 e. The van der Waals surface area contributed by atoms with Crippen LogP contribution in [0.1, 0.15) is 13.3 Å². The predicted molar refractivity (Wildman–Crippen MR) is 75.7 cm³/mol. The molecule has 2 heterocycles. The van der Waals surface area contributed by atoms with Crippen molar-refractivity contribution < 1.29 is 13.5 Å². The molecule has 0 saturated heterocycles. The third-order valence-corrected chi connectivity index (χ3v) is 4.86. The number of hydrogen-bond acceptors (Lipinski definition) is 5. The summed E-state index contributed by atoms with van der Waals surface area (Å²) in [5.41, 5.74) is 6.25. The number of nitrogen functional groups attached to an aromatic ring is 1. The Bertz CT molecular complexity index is 690. The van der Waals surface area contributed by atoms with Gasteiger partial charge in [0.15, 0.2) is 10.8 Å². The monoisotopic (exact) mass is 298 g/mol. The topological polar surface area (TPSA) is 101 Å². The molecule has 2 rings (SSSR count). The number of nitrogens with zero attached hydrogens (tertiary/aromatic N) is 3. The van der Waals surface area contributed by atoms with Gasteiger partial charge in [0.05, 0.1) is 6.61 Å². The highest BCUT2D eigenvalue weighted by Gasteiger charge is 2.29. The molecule has 7 nitrogen and oxygen atoms in total. The highest BCUT2D eigenvalue weighted by Crippen LogP contribution is 2.23. The number of anilines is 1. The van der Waals surface area contributed by atoms with Crippen LogP contribution in [0.2, 0.25) is 0 Å². The van der Waals surface area contributed by atoms with E-state index in [1.165, 1.54) is 8.71 Å². The van der Waals surface area contributed by atoms with Gasteiger partial charge in [0.2, 0.25) is 0 Å². The quantitative estimate of drug-likeness (QED) is 0.799. The minimum Gasteiger partial charge on any atom is -0.395 e. The summed E-state index contributed by atoms with van der Waals surface area (Å²) >= 11 is 0. The van der Waals surface area contributed by atoms with Crippen LogP contribution in [0, 0.1) is 0 Å². The summed E-state index contributed by atoms with van der Waals surface area (Å²) in [7, 11) is -3.79. The first-order chi connectivity index (χ1) is 9.52. The summed E-state index contributed by atoms with van der Waals surface area (Å²) in [6, 6.07) is 5.16. The molecule has 0 radical (unpaired) electrons. The second-order valence-electron chi connectivity index (χ2n) is 4.36. The average Bonchev–Trinajstić information content (AvgIpc) is 2.74. The van der Waals surface area contributed by atoms with Crippen molar-refractivity contribution in [2.75, 3.05) is 25.4 Å². The second-order valence-corrected chi connectivity index (χ2v) is 6.21. The first kappa shape index (κ1) is 14.8. The van der Waals surface area contributed by atoms with Crippen LogP contribution in [0.4, 0.5) is 5.82 Å². The molecule has 0 aliphatic carbocycles. The highest BCUT2D eigenvalue weighted by atomic mass is 32.2. The number of fused-ring (bicyclic) bond motifs is 1. The third-order valence-electron chi connectivity index (χ3n) is 2.92. The van der Waals surface area contributed by atoms with Crippen molar-refractivity contribution in [1.29, 1.82) is 0 Å². The van der Waals surface area contributed by atoms with Crippen molar-refractivity contribution in [3.8, 4) is 0 Å². The molecule has 0 fully saturated rings. The molecular formula is C12H18N4O3S. The van der Waals surface area contributed by atoms with E-state index in [2.05, 4.69) is 4.98 Å². The largest absolute Gasteiger partial charge is 0.395 e. The van der Waals surface area contributed by atoms with Crippen LogP contribution in [0.5, 0.6) is 0 Å². The van der Waals surface area contributed by atoms with Gasteiger partial charge in [-0.1, -0.05) is 13.0 Å². The number of pyridine rings is 1. The molecule has 0 bridgehead atoms. The van der Waals surface area contributed by atoms with Crippen molar-refractivity contribution >= 4 is 21.5 Å². The Morgan fingerprint density at radius 3 is 2.80 bits per heavy atom. The lowest BCUT2D eigenvalue weighted by Crippen LogP contribution is -2.35. The molecule has 0 unspecified atom stereocenters. The summed E-state index contributed by atoms with van der Waals surface area (Å²) in [5, 5.41) is 9.00. The van der Waals surface area contributed by atoms with Gasteiger partial charge >= 0.3 is 0 Å². The second kappa shape index (κ2) is 5.78. The standard InChI is InChI=1S/C12H18N4O3S/c1-2-6-15(8-9-17)20(18,19)12-11(13)14-10-5-3-4-7-16(10)12/h3-5,7,17H,2,6,8-9,13H2,1H3. The molecule has 110 valence electrons. The maximum atomic E-state index is 12.7. The maximum Gasteiger partial charge on any atom is 0.262 e. The Morgan fingerprint density at radius 2 is 2.15 bits per heavy atom. The number of hydrogen-bond donors (Lipinski definition) is 2. The van der Waals surface area contributed by atoms with Crippen LogP contribution < -0.4 is 5.73 Å². The first-order valence-electron chi connectivity index (χ1n) is 6.36. The fourth-order valence-corrected chi connectivity index (χ4v) is 3.79. The molecule has 0 aliphatic rings. The number of aliphatic hydroxyl groups is 1. The Labute approximate surface area is 117 Å². The van der Waals surface area contributed by atoms with Gasteiger partial charge in [0.25, 0.3) is 10.0 Å². The van der Waals surface area contributed by atoms with E-state index in [1.807, 2.05) is 6.92 Å². The molecule has 0 aromatic carbocycles. The molecular weight excluding hydrogens is 280 g/mol. The lowest BCUT2D eigenvalue weighted by atomic mass is 10.5. The van der Waals surface area contributed by atoms with Crippen molar-refractivity contribution in [2.45, 2.75) is 18.4 Å². The average molecular weight is 298 g/mol. The number of imidazole rings is 1. The normalized spacial score (nSPS) is 12.3. The Hall–Kier alpha value is -1.64. The molecule has 0 atom stereocenters. The zero-order chi connectivity index (χ0) is 14.8. The summed E-state index contributed by atoms with van der Waals surface area (Å²) in [6.45, 7) is 1.99. The summed E-state index contributed by atoms with van der Waals surface area (Å²) in [4.78, 5) is 4.05. The van der Waals surface area contributed by atoms with Crippen molar-refractivity contribution in [2.24, 2.45) is 0 Å². The van der Waals surface area contributed by atoms with Crippen molar-refractivity contribution in [1.82, 2.24) is 13.7 Å². The Morgan fingerprint density at radius 1 is 1.40 bits per heavy atom. The molecule has 0 aliphatic heterocycles. The van der Waals surface area contributed by atoms with Crippen LogP contribution >= 0.6 is 0 Å². The highest BCUT2D eigenvalue weighted by molar-refractivity contribution is 7.89. The van der Waals surface area contributed by atoms with Gasteiger partial charge in [0, 0.05) is 19.3 Å². The van der Waals surface area contributed by atoms with Gasteiger partial charge in [-0.2, -0.15) is 4.31 Å². The lowest BCUT2D eigenvalue weighted by Gasteiger charge is -2.20. The number of aliphatic hydroxyl groups excluding tert-OH is 1. The molecule has 8 heteroatoms. The van der Waals surface area contributed by atoms with E-state index in [0.717, 1.165) is 0 Å². The summed E-state index contributed by atoms with van der Waals surface area (Å²) in [5.74, 6) is -0.0322. The van der Waals surface area contributed by atoms with Crippen LogP contribution in [0.25, 0.3) is 5.65 Å². The zero-order valence-electron chi connectivity index (χ0n) is 11.2. The number of nitrogens with two attached hydrogens (primary N) is 1. The first-order valence-corrected chi connectivity index (χ1v) is 7.80. The minimum atomic E-state index is -3.79. The van der Waals surface area contributed by atoms with Gasteiger partial charge in [-0.25, -0.2) is 13.4 Å². The molecule has 0 spiro atoms. The van der Waals surface area contributed by atoms with Gasteiger partial charge in [0.1, 0.15) is 5.65 Å². The third kappa shape index (κ3) is 2.49. The van der Waals surface area contributed by atoms with E-state index in [9.17, 15) is 8.42 Å². The number of aromatic nitrogens is 2. The SMILES string of the molecule is CCCN(CCO)S(=O)(=O)c1c(N)nc2ccccn12. The van der Waals surface area contributed by atoms with Gasteiger partial charge in [-0.3, -0.25) is 4.40 Å². The van der Waals surface area contributed by atoms with Crippen molar-refractivity contribution in [3.05, 3.63) is 24.4 Å². The van der Waals surface area contributed by atoms with E-state index in [0.29, 0.717) is 18.6 Å². The van der Waals surface area contributed by atoms with E-state index in [1.54, 1.807) is 24.4 Å². The molecule has 2 aromatic rings.